The second-order valence-corrected chi connectivity index (χ2v) is 5.23. The molecule has 0 amide bonds. The van der Waals surface area contributed by atoms with Crippen LogP contribution in [-0.4, -0.2) is 14.8 Å². The van der Waals surface area contributed by atoms with Crippen molar-refractivity contribution in [2.45, 2.75) is 32.9 Å². The first-order chi connectivity index (χ1) is 9.19. The van der Waals surface area contributed by atoms with Gasteiger partial charge in [-0.25, -0.2) is 9.48 Å². The number of halogens is 1. The van der Waals surface area contributed by atoms with Gasteiger partial charge in [0.1, 0.15) is 5.82 Å². The van der Waals surface area contributed by atoms with Crippen LogP contribution in [0.1, 0.15) is 25.6 Å². The maximum Gasteiger partial charge on any atom is 0.343 e. The van der Waals surface area contributed by atoms with Crippen LogP contribution in [0.25, 0.3) is 0 Å². The molecule has 19 heavy (non-hydrogen) atoms. The number of hydrogen-bond donors (Lipinski definition) is 2. The molecule has 1 heterocycles. The molecule has 0 aliphatic heterocycles. The minimum Gasteiger partial charge on any atom is -0.378 e. The quantitative estimate of drug-likeness (QED) is 0.858. The monoisotopic (exact) mass is 324 g/mol. The molecule has 6 heteroatoms. The third kappa shape index (κ3) is 3.96. The van der Waals surface area contributed by atoms with E-state index >= 15 is 0 Å². The molecule has 0 radical (unpaired) electrons. The normalized spacial score (nSPS) is 10.6. The Balaban J connectivity index is 1.96. The van der Waals surface area contributed by atoms with Crippen molar-refractivity contribution in [2.24, 2.45) is 0 Å². The summed E-state index contributed by atoms with van der Waals surface area (Å²) >= 11 is 3.39. The number of unbranched alkanes of at least 4 members (excludes halogenated alkanes) is 1. The van der Waals surface area contributed by atoms with Crippen molar-refractivity contribution in [1.82, 2.24) is 14.8 Å². The zero-order valence-electron chi connectivity index (χ0n) is 10.8. The molecule has 1 aromatic carbocycles. The van der Waals surface area contributed by atoms with Crippen molar-refractivity contribution >= 4 is 21.6 Å². The summed E-state index contributed by atoms with van der Waals surface area (Å²) in [5.41, 5.74) is 0.855. The number of hydrogen-bond acceptors (Lipinski definition) is 3. The fourth-order valence-corrected chi connectivity index (χ4v) is 1.96. The summed E-state index contributed by atoms with van der Waals surface area (Å²) in [6.45, 7) is 3.27. The maximum absolute atomic E-state index is 11.6. The first-order valence-electron chi connectivity index (χ1n) is 6.34. The summed E-state index contributed by atoms with van der Waals surface area (Å²) in [7, 11) is 0. The Labute approximate surface area is 120 Å². The Hall–Kier alpha value is -1.56. The Morgan fingerprint density at radius 2 is 2.11 bits per heavy atom. The van der Waals surface area contributed by atoms with Crippen LogP contribution in [0.4, 0.5) is 5.69 Å². The second kappa shape index (κ2) is 6.56. The zero-order valence-corrected chi connectivity index (χ0v) is 12.4. The van der Waals surface area contributed by atoms with Crippen molar-refractivity contribution in [3.63, 3.8) is 0 Å². The van der Waals surface area contributed by atoms with Crippen LogP contribution in [0, 0.1) is 0 Å². The molecule has 0 unspecified atom stereocenters. The van der Waals surface area contributed by atoms with Crippen molar-refractivity contribution < 1.29 is 0 Å². The van der Waals surface area contributed by atoms with E-state index < -0.39 is 0 Å². The lowest BCUT2D eigenvalue weighted by Gasteiger charge is -2.03. The maximum atomic E-state index is 11.6. The zero-order chi connectivity index (χ0) is 13.7. The van der Waals surface area contributed by atoms with Crippen molar-refractivity contribution in [1.29, 1.82) is 0 Å². The highest BCUT2D eigenvalue weighted by atomic mass is 79.9. The van der Waals surface area contributed by atoms with Gasteiger partial charge in [0.2, 0.25) is 0 Å². The Morgan fingerprint density at radius 3 is 2.79 bits per heavy atom. The molecular formula is C13H17BrN4O. The number of rotatable bonds is 6. The molecule has 2 aromatic rings. The molecule has 0 saturated heterocycles. The fourth-order valence-electron chi connectivity index (χ4n) is 1.70. The topological polar surface area (TPSA) is 62.7 Å². The van der Waals surface area contributed by atoms with Crippen LogP contribution in [0.15, 0.2) is 33.5 Å². The van der Waals surface area contributed by atoms with Gasteiger partial charge < -0.3 is 5.32 Å². The number of H-pyrrole nitrogens is 1. The van der Waals surface area contributed by atoms with Crippen LogP contribution >= 0.6 is 15.9 Å². The fraction of sp³-hybridized carbons (Fsp3) is 0.385. The van der Waals surface area contributed by atoms with Crippen LogP contribution in [0.3, 0.4) is 0 Å². The van der Waals surface area contributed by atoms with Crippen molar-refractivity contribution in [3.05, 3.63) is 45.0 Å². The van der Waals surface area contributed by atoms with E-state index in [0.29, 0.717) is 18.9 Å². The average molecular weight is 325 g/mol. The molecule has 0 aliphatic rings. The molecule has 0 saturated carbocycles. The molecule has 0 fully saturated rings. The Kier molecular flexibility index (Phi) is 4.79. The number of aromatic nitrogens is 3. The molecule has 0 aliphatic carbocycles. The van der Waals surface area contributed by atoms with Crippen LogP contribution in [-0.2, 0) is 13.1 Å². The van der Waals surface area contributed by atoms with Gasteiger partial charge in [0.25, 0.3) is 0 Å². The predicted octanol–water partition coefficient (Wildman–Crippen LogP) is 2.75. The molecule has 2 rings (SSSR count). The molecule has 5 nitrogen and oxygen atoms in total. The summed E-state index contributed by atoms with van der Waals surface area (Å²) in [6, 6.07) is 7.86. The molecular weight excluding hydrogens is 308 g/mol. The van der Waals surface area contributed by atoms with E-state index in [0.717, 1.165) is 23.0 Å². The summed E-state index contributed by atoms with van der Waals surface area (Å²) in [5, 5.41) is 7.47. The second-order valence-electron chi connectivity index (χ2n) is 4.31. The number of nitrogens with one attached hydrogen (secondary N) is 2. The first-order valence-corrected chi connectivity index (χ1v) is 7.14. The van der Waals surface area contributed by atoms with Crippen LogP contribution in [0.2, 0.25) is 0 Å². The predicted molar refractivity (Wildman–Crippen MR) is 79.2 cm³/mol. The summed E-state index contributed by atoms with van der Waals surface area (Å²) < 4.78 is 2.53. The van der Waals surface area contributed by atoms with E-state index in [2.05, 4.69) is 38.3 Å². The number of aryl methyl sites for hydroxylation is 1. The standard InChI is InChI=1S/C13H17BrN4O/c1-2-3-8-18-13(19)16-12(17-18)9-15-11-6-4-10(14)5-7-11/h4-7,15H,2-3,8-9H2,1H3,(H,16,17,19). The molecule has 0 bridgehead atoms. The SMILES string of the molecule is CCCCn1nc(CNc2ccc(Br)cc2)[nH]c1=O. The minimum absolute atomic E-state index is 0.138. The van der Waals surface area contributed by atoms with E-state index in [1.807, 2.05) is 24.3 Å². The van der Waals surface area contributed by atoms with E-state index in [9.17, 15) is 4.79 Å². The third-order valence-corrected chi connectivity index (χ3v) is 3.28. The molecule has 102 valence electrons. The highest BCUT2D eigenvalue weighted by Crippen LogP contribution is 2.14. The summed E-state index contributed by atoms with van der Waals surface area (Å²) in [4.78, 5) is 14.4. The molecule has 0 spiro atoms. The van der Waals surface area contributed by atoms with Gasteiger partial charge in [-0.3, -0.25) is 4.98 Å². The van der Waals surface area contributed by atoms with Gasteiger partial charge >= 0.3 is 5.69 Å². The van der Waals surface area contributed by atoms with E-state index in [1.54, 1.807) is 0 Å². The van der Waals surface area contributed by atoms with Crippen molar-refractivity contribution in [3.8, 4) is 0 Å². The van der Waals surface area contributed by atoms with Gasteiger partial charge in [-0.05, 0) is 30.7 Å². The number of benzene rings is 1. The van der Waals surface area contributed by atoms with Crippen molar-refractivity contribution in [2.75, 3.05) is 5.32 Å². The van der Waals surface area contributed by atoms with E-state index in [-0.39, 0.29) is 5.69 Å². The number of anilines is 1. The molecule has 1 aromatic heterocycles. The molecule has 0 atom stereocenters. The first kappa shape index (κ1) is 13.9. The van der Waals surface area contributed by atoms with E-state index in [4.69, 9.17) is 0 Å². The summed E-state index contributed by atoms with van der Waals surface area (Å²) in [6.07, 6.45) is 2.01. The van der Waals surface area contributed by atoms with Gasteiger partial charge in [-0.1, -0.05) is 29.3 Å². The third-order valence-electron chi connectivity index (χ3n) is 2.75. The average Bonchev–Trinajstić information content (AvgIpc) is 2.76. The Bertz CT molecular complexity index is 573. The van der Waals surface area contributed by atoms with Gasteiger partial charge in [0.05, 0.1) is 6.54 Å². The lowest BCUT2D eigenvalue weighted by molar-refractivity contribution is 0.550. The van der Waals surface area contributed by atoms with E-state index in [1.165, 1.54) is 4.68 Å². The van der Waals surface area contributed by atoms with Gasteiger partial charge in [-0.2, -0.15) is 5.10 Å². The number of aromatic amines is 1. The Morgan fingerprint density at radius 1 is 1.37 bits per heavy atom. The largest absolute Gasteiger partial charge is 0.378 e. The van der Waals surface area contributed by atoms with Crippen LogP contribution < -0.4 is 11.0 Å². The van der Waals surface area contributed by atoms with Gasteiger partial charge in [0, 0.05) is 16.7 Å². The highest BCUT2D eigenvalue weighted by Gasteiger charge is 2.04. The smallest absolute Gasteiger partial charge is 0.343 e. The summed E-state index contributed by atoms with van der Waals surface area (Å²) in [5.74, 6) is 0.657. The molecule has 2 N–H and O–H groups in total. The van der Waals surface area contributed by atoms with Gasteiger partial charge in [0.15, 0.2) is 0 Å². The number of nitrogens with zero attached hydrogens (tertiary/aromatic N) is 2. The highest BCUT2D eigenvalue weighted by molar-refractivity contribution is 9.10. The van der Waals surface area contributed by atoms with Gasteiger partial charge in [-0.15, -0.1) is 0 Å². The lowest BCUT2D eigenvalue weighted by atomic mass is 10.3. The minimum atomic E-state index is -0.138. The lowest BCUT2D eigenvalue weighted by Crippen LogP contribution is -2.17. The van der Waals surface area contributed by atoms with Crippen LogP contribution in [0.5, 0.6) is 0 Å².